The Hall–Kier alpha value is -1.46. The second-order valence-electron chi connectivity index (χ2n) is 3.40. The minimum Gasteiger partial charge on any atom is -0.330 e. The first kappa shape index (κ1) is 10.1. The van der Waals surface area contributed by atoms with Crippen molar-refractivity contribution in [1.82, 2.24) is 9.55 Å². The molecule has 1 heterocycles. The van der Waals surface area contributed by atoms with Gasteiger partial charge in [-0.05, 0) is 12.1 Å². The highest BCUT2D eigenvalue weighted by Crippen LogP contribution is 2.23. The summed E-state index contributed by atoms with van der Waals surface area (Å²) in [5, 5.41) is 0.731. The van der Waals surface area contributed by atoms with Crippen molar-refractivity contribution in [3.63, 3.8) is 0 Å². The second-order valence-corrected chi connectivity index (χ2v) is 3.81. The van der Waals surface area contributed by atoms with Gasteiger partial charge in [-0.2, -0.15) is 0 Å². The summed E-state index contributed by atoms with van der Waals surface area (Å²) in [6, 6.07) is 5.74. The Morgan fingerprint density at radius 2 is 2.33 bits per heavy atom. The lowest BCUT2D eigenvalue weighted by molar-refractivity contribution is 0.804. The lowest BCUT2D eigenvalue weighted by Crippen LogP contribution is -1.97. The number of rotatable bonds is 2. The average molecular weight is 219 g/mol. The minimum absolute atomic E-state index is 0.703. The van der Waals surface area contributed by atoms with Crippen molar-refractivity contribution in [1.29, 1.82) is 0 Å². The van der Waals surface area contributed by atoms with E-state index in [1.54, 1.807) is 0 Å². The zero-order valence-corrected chi connectivity index (χ0v) is 9.25. The maximum Gasteiger partial charge on any atom is 0.110 e. The third-order valence-electron chi connectivity index (χ3n) is 2.43. The van der Waals surface area contributed by atoms with Crippen LogP contribution in [-0.4, -0.2) is 9.55 Å². The highest BCUT2D eigenvalue weighted by molar-refractivity contribution is 6.35. The Morgan fingerprint density at radius 3 is 3.00 bits per heavy atom. The highest BCUT2D eigenvalue weighted by Gasteiger charge is 2.09. The molecule has 0 saturated carbocycles. The maximum absolute atomic E-state index is 6.11. The van der Waals surface area contributed by atoms with Crippen molar-refractivity contribution in [2.24, 2.45) is 7.05 Å². The number of fused-ring (bicyclic) bond motifs is 1. The summed E-state index contributed by atoms with van der Waals surface area (Å²) in [6.45, 7) is 0. The summed E-state index contributed by atoms with van der Waals surface area (Å²) in [4.78, 5) is 4.49. The van der Waals surface area contributed by atoms with Crippen molar-refractivity contribution in [2.75, 3.05) is 0 Å². The number of halogens is 1. The van der Waals surface area contributed by atoms with Crippen LogP contribution in [0.25, 0.3) is 11.0 Å². The Balaban J connectivity index is 2.56. The van der Waals surface area contributed by atoms with Gasteiger partial charge >= 0.3 is 0 Å². The van der Waals surface area contributed by atoms with Gasteiger partial charge in [-0.15, -0.1) is 12.3 Å². The molecule has 0 N–H and O–H groups in total. The SMILES string of the molecule is C#CCCc1nc2cccc(Cl)c2n1C. The molecular formula is C12H11ClN2. The summed E-state index contributed by atoms with van der Waals surface area (Å²) >= 11 is 6.11. The van der Waals surface area contributed by atoms with Gasteiger partial charge in [0.25, 0.3) is 0 Å². The van der Waals surface area contributed by atoms with Gasteiger partial charge in [-0.1, -0.05) is 17.7 Å². The van der Waals surface area contributed by atoms with Crippen LogP contribution in [-0.2, 0) is 13.5 Å². The van der Waals surface area contributed by atoms with Crippen LogP contribution in [0, 0.1) is 12.3 Å². The third kappa shape index (κ3) is 1.71. The molecule has 76 valence electrons. The summed E-state index contributed by atoms with van der Waals surface area (Å²) in [6.07, 6.45) is 6.73. The summed E-state index contributed by atoms with van der Waals surface area (Å²) in [5.41, 5.74) is 1.91. The number of nitrogens with zero attached hydrogens (tertiary/aromatic N) is 2. The van der Waals surface area contributed by atoms with E-state index < -0.39 is 0 Å². The van der Waals surface area contributed by atoms with E-state index in [4.69, 9.17) is 18.0 Å². The molecule has 2 rings (SSSR count). The number of para-hydroxylation sites is 1. The Morgan fingerprint density at radius 1 is 1.53 bits per heavy atom. The first-order chi connectivity index (χ1) is 7.24. The lowest BCUT2D eigenvalue weighted by atomic mass is 10.3. The fourth-order valence-corrected chi connectivity index (χ4v) is 1.97. The van der Waals surface area contributed by atoms with Crippen LogP contribution < -0.4 is 0 Å². The molecule has 0 radical (unpaired) electrons. The Kier molecular flexibility index (Phi) is 2.66. The fourth-order valence-electron chi connectivity index (χ4n) is 1.68. The quantitative estimate of drug-likeness (QED) is 0.709. The van der Waals surface area contributed by atoms with Crippen molar-refractivity contribution < 1.29 is 0 Å². The monoisotopic (exact) mass is 218 g/mol. The Labute approximate surface area is 93.9 Å². The molecule has 2 aromatic rings. The normalized spacial score (nSPS) is 10.5. The molecule has 1 aromatic heterocycles. The van der Waals surface area contributed by atoms with Gasteiger partial charge in [-0.25, -0.2) is 4.98 Å². The van der Waals surface area contributed by atoms with Crippen LogP contribution >= 0.6 is 11.6 Å². The summed E-state index contributed by atoms with van der Waals surface area (Å²) < 4.78 is 2.01. The van der Waals surface area contributed by atoms with E-state index in [-0.39, 0.29) is 0 Å². The summed E-state index contributed by atoms with van der Waals surface area (Å²) in [5.74, 6) is 3.60. The van der Waals surface area contributed by atoms with E-state index in [1.807, 2.05) is 29.8 Å². The van der Waals surface area contributed by atoms with Gasteiger partial charge in [0.1, 0.15) is 5.82 Å². The van der Waals surface area contributed by atoms with Crippen molar-refractivity contribution in [2.45, 2.75) is 12.8 Å². The maximum atomic E-state index is 6.11. The number of benzene rings is 1. The standard InChI is InChI=1S/C12H11ClN2/c1-3-4-8-11-14-10-7-5-6-9(13)12(10)15(11)2/h1,5-7H,4,8H2,2H3. The molecule has 0 unspecified atom stereocenters. The second kappa shape index (κ2) is 3.96. The average Bonchev–Trinajstić information content (AvgIpc) is 2.54. The lowest BCUT2D eigenvalue weighted by Gasteiger charge is -2.00. The smallest absolute Gasteiger partial charge is 0.110 e. The zero-order valence-electron chi connectivity index (χ0n) is 8.50. The molecule has 0 bridgehead atoms. The van der Waals surface area contributed by atoms with Gasteiger partial charge < -0.3 is 4.57 Å². The van der Waals surface area contributed by atoms with Crippen LogP contribution in [0.2, 0.25) is 5.02 Å². The third-order valence-corrected chi connectivity index (χ3v) is 2.74. The molecule has 0 amide bonds. The van der Waals surface area contributed by atoms with Gasteiger partial charge in [0.15, 0.2) is 0 Å². The fraction of sp³-hybridized carbons (Fsp3) is 0.250. The van der Waals surface area contributed by atoms with E-state index in [0.29, 0.717) is 6.42 Å². The van der Waals surface area contributed by atoms with Crippen LogP contribution in [0.4, 0.5) is 0 Å². The highest BCUT2D eigenvalue weighted by atomic mass is 35.5. The molecule has 0 aliphatic carbocycles. The zero-order chi connectivity index (χ0) is 10.8. The molecule has 15 heavy (non-hydrogen) atoms. The van der Waals surface area contributed by atoms with E-state index in [1.165, 1.54) is 0 Å². The van der Waals surface area contributed by atoms with Crippen molar-refractivity contribution >= 4 is 22.6 Å². The van der Waals surface area contributed by atoms with Gasteiger partial charge in [0.05, 0.1) is 16.1 Å². The molecule has 0 atom stereocenters. The Bertz CT molecular complexity index is 534. The topological polar surface area (TPSA) is 17.8 Å². The number of terminal acetylenes is 1. The van der Waals surface area contributed by atoms with Gasteiger partial charge in [0, 0.05) is 19.9 Å². The molecule has 0 aliphatic rings. The number of aromatic nitrogens is 2. The molecule has 0 saturated heterocycles. The van der Waals surface area contributed by atoms with E-state index in [9.17, 15) is 0 Å². The van der Waals surface area contributed by atoms with E-state index >= 15 is 0 Å². The van der Waals surface area contributed by atoms with Gasteiger partial charge in [0.2, 0.25) is 0 Å². The van der Waals surface area contributed by atoms with Crippen LogP contribution in [0.1, 0.15) is 12.2 Å². The number of imidazole rings is 1. The largest absolute Gasteiger partial charge is 0.330 e. The van der Waals surface area contributed by atoms with Crippen molar-refractivity contribution in [3.05, 3.63) is 29.0 Å². The van der Waals surface area contributed by atoms with Crippen LogP contribution in [0.15, 0.2) is 18.2 Å². The predicted molar refractivity (Wildman–Crippen MR) is 62.9 cm³/mol. The molecule has 3 heteroatoms. The summed E-state index contributed by atoms with van der Waals surface area (Å²) in [7, 11) is 1.97. The first-order valence-electron chi connectivity index (χ1n) is 4.77. The minimum atomic E-state index is 0.703. The van der Waals surface area contributed by atoms with Crippen LogP contribution in [0.3, 0.4) is 0 Å². The predicted octanol–water partition coefficient (Wildman–Crippen LogP) is 2.79. The first-order valence-corrected chi connectivity index (χ1v) is 5.15. The number of hydrogen-bond acceptors (Lipinski definition) is 1. The molecule has 0 spiro atoms. The van der Waals surface area contributed by atoms with Crippen LogP contribution in [0.5, 0.6) is 0 Å². The van der Waals surface area contributed by atoms with Crippen molar-refractivity contribution in [3.8, 4) is 12.3 Å². The number of hydrogen-bond donors (Lipinski definition) is 0. The molecule has 0 aliphatic heterocycles. The van der Waals surface area contributed by atoms with Gasteiger partial charge in [-0.3, -0.25) is 0 Å². The van der Waals surface area contributed by atoms with E-state index in [2.05, 4.69) is 10.9 Å². The molecule has 2 nitrogen and oxygen atoms in total. The molecular weight excluding hydrogens is 208 g/mol. The number of aryl methyl sites for hydroxylation is 2. The molecule has 0 fully saturated rings. The molecule has 1 aromatic carbocycles. The van der Waals surface area contributed by atoms with E-state index in [0.717, 1.165) is 28.3 Å².